The summed E-state index contributed by atoms with van der Waals surface area (Å²) in [4.78, 5) is 12.5. The lowest BCUT2D eigenvalue weighted by Gasteiger charge is -2.16. The van der Waals surface area contributed by atoms with Crippen LogP contribution >= 0.6 is 0 Å². The molecule has 0 saturated heterocycles. The van der Waals surface area contributed by atoms with Crippen LogP contribution in [-0.4, -0.2) is 57.7 Å². The number of ether oxygens (including phenoxy) is 1. The van der Waals surface area contributed by atoms with Gasteiger partial charge in [-0.3, -0.25) is 9.08 Å². The molecule has 0 aliphatic rings. The normalized spacial score (nSPS) is 11.8. The number of halogens is 2. The lowest BCUT2D eigenvalue weighted by Crippen LogP contribution is -2.19. The Morgan fingerprint density at radius 3 is 2.50 bits per heavy atom. The van der Waals surface area contributed by atoms with Gasteiger partial charge in [-0.1, -0.05) is 18.2 Å². The molecule has 1 aromatic carbocycles. The number of alkyl halides is 2. The van der Waals surface area contributed by atoms with E-state index in [0.717, 1.165) is 5.56 Å². The summed E-state index contributed by atoms with van der Waals surface area (Å²) in [5.74, 6) is -3.37. The van der Waals surface area contributed by atoms with Gasteiger partial charge in [-0.2, -0.15) is 13.9 Å². The monoisotopic (exact) mass is 464 g/mol. The van der Waals surface area contributed by atoms with E-state index in [9.17, 15) is 0 Å². The Morgan fingerprint density at radius 2 is 1.76 bits per heavy atom. The summed E-state index contributed by atoms with van der Waals surface area (Å²) in [6, 6.07) is 5.75. The molecule has 0 atom stereocenters. The van der Waals surface area contributed by atoms with Crippen LogP contribution in [0.3, 0.4) is 0 Å². The molecular formula is C22H18F2N8O2. The molecule has 0 amide bonds. The van der Waals surface area contributed by atoms with Gasteiger partial charge in [0.05, 0.1) is 25.2 Å². The zero-order valence-corrected chi connectivity index (χ0v) is 17.9. The van der Waals surface area contributed by atoms with Crippen molar-refractivity contribution in [3.8, 4) is 28.3 Å². The van der Waals surface area contributed by atoms with Crippen LogP contribution in [0.2, 0.25) is 0 Å². The molecule has 10 nitrogen and oxygen atoms in total. The molecule has 12 heteroatoms. The van der Waals surface area contributed by atoms with Gasteiger partial charge >= 0.3 is 5.92 Å². The molecule has 0 bridgehead atoms. The second-order valence-electron chi connectivity index (χ2n) is 7.41. The van der Waals surface area contributed by atoms with E-state index in [2.05, 4.69) is 30.2 Å². The van der Waals surface area contributed by atoms with Gasteiger partial charge in [0.15, 0.2) is 11.6 Å². The van der Waals surface area contributed by atoms with Gasteiger partial charge in [0.2, 0.25) is 5.82 Å². The summed E-state index contributed by atoms with van der Waals surface area (Å²) >= 11 is 0. The lowest BCUT2D eigenvalue weighted by atomic mass is 10.0. The van der Waals surface area contributed by atoms with Crippen molar-refractivity contribution in [1.82, 2.24) is 39.3 Å². The molecule has 34 heavy (non-hydrogen) atoms. The van der Waals surface area contributed by atoms with Crippen molar-refractivity contribution < 1.29 is 18.6 Å². The third-order valence-corrected chi connectivity index (χ3v) is 5.06. The highest BCUT2D eigenvalue weighted by Gasteiger charge is 2.40. The minimum absolute atomic E-state index is 0.0558. The van der Waals surface area contributed by atoms with Gasteiger partial charge in [0.25, 0.3) is 5.78 Å². The molecule has 4 aromatic heterocycles. The van der Waals surface area contributed by atoms with E-state index in [-0.39, 0.29) is 30.4 Å². The van der Waals surface area contributed by atoms with Gasteiger partial charge in [0.1, 0.15) is 6.61 Å². The molecule has 0 fully saturated rings. The second kappa shape index (κ2) is 8.56. The van der Waals surface area contributed by atoms with Gasteiger partial charge in [-0.25, -0.2) is 15.0 Å². The third-order valence-electron chi connectivity index (χ3n) is 5.06. The number of aliphatic hydroxyl groups excluding tert-OH is 1. The molecule has 0 spiro atoms. The van der Waals surface area contributed by atoms with Crippen LogP contribution < -0.4 is 4.74 Å². The van der Waals surface area contributed by atoms with Crippen molar-refractivity contribution in [2.24, 2.45) is 7.05 Å². The van der Waals surface area contributed by atoms with Gasteiger partial charge < -0.3 is 9.84 Å². The van der Waals surface area contributed by atoms with E-state index in [4.69, 9.17) is 9.84 Å². The summed E-state index contributed by atoms with van der Waals surface area (Å²) in [6.45, 7) is -0.0382. The first-order valence-electron chi connectivity index (χ1n) is 10.2. The molecule has 0 aliphatic carbocycles. The number of hydrogen-bond acceptors (Lipinski definition) is 8. The van der Waals surface area contributed by atoms with E-state index in [0.29, 0.717) is 16.9 Å². The SMILES string of the molecule is Cn1cc(-c2cnc3nnc(C(F)(F)c4cccc(-c5ncc(OCCO)cn5)c4)n3c2)cn1. The number of aryl methyl sites for hydroxylation is 1. The predicted octanol–water partition coefficient (Wildman–Crippen LogP) is 2.49. The fraction of sp³-hybridized carbons (Fsp3) is 0.182. The fourth-order valence-electron chi connectivity index (χ4n) is 3.41. The largest absolute Gasteiger partial charge is 0.488 e. The maximum Gasteiger partial charge on any atom is 0.332 e. The van der Waals surface area contributed by atoms with E-state index < -0.39 is 11.7 Å². The average molecular weight is 464 g/mol. The Hall–Kier alpha value is -4.32. The minimum Gasteiger partial charge on any atom is -0.488 e. The molecule has 0 unspecified atom stereocenters. The van der Waals surface area contributed by atoms with Crippen molar-refractivity contribution >= 4 is 5.78 Å². The van der Waals surface area contributed by atoms with Crippen molar-refractivity contribution in [2.75, 3.05) is 13.2 Å². The summed E-state index contributed by atoms with van der Waals surface area (Å²) in [7, 11) is 1.76. The molecule has 1 N–H and O–H groups in total. The van der Waals surface area contributed by atoms with Crippen molar-refractivity contribution in [3.05, 3.63) is 72.8 Å². The van der Waals surface area contributed by atoms with Crippen LogP contribution in [0.1, 0.15) is 11.4 Å². The minimum atomic E-state index is -3.48. The van der Waals surface area contributed by atoms with Gasteiger partial charge in [-0.15, -0.1) is 10.2 Å². The molecule has 5 aromatic rings. The van der Waals surface area contributed by atoms with Crippen LogP contribution in [0.4, 0.5) is 8.78 Å². The number of hydrogen-bond donors (Lipinski definition) is 1. The first-order valence-corrected chi connectivity index (χ1v) is 10.2. The smallest absolute Gasteiger partial charge is 0.332 e. The topological polar surface area (TPSA) is 116 Å². The molecule has 0 radical (unpaired) electrons. The van der Waals surface area contributed by atoms with Crippen LogP contribution in [0, 0.1) is 0 Å². The summed E-state index contributed by atoms with van der Waals surface area (Å²) in [5, 5.41) is 20.5. The van der Waals surface area contributed by atoms with Crippen LogP contribution in [0.5, 0.6) is 5.75 Å². The second-order valence-corrected chi connectivity index (χ2v) is 7.41. The number of nitrogens with zero attached hydrogens (tertiary/aromatic N) is 8. The molecule has 5 rings (SSSR count). The van der Waals surface area contributed by atoms with E-state index in [1.807, 2.05) is 0 Å². The Bertz CT molecular complexity index is 1450. The number of benzene rings is 1. The Morgan fingerprint density at radius 1 is 0.971 bits per heavy atom. The van der Waals surface area contributed by atoms with Crippen LogP contribution in [0.25, 0.3) is 28.3 Å². The quantitative estimate of drug-likeness (QED) is 0.391. The third kappa shape index (κ3) is 3.94. The maximum atomic E-state index is 15.6. The van der Waals surface area contributed by atoms with E-state index in [1.165, 1.54) is 47.4 Å². The number of aromatic nitrogens is 8. The zero-order valence-electron chi connectivity index (χ0n) is 17.9. The standard InChI is InChI=1S/C22H18F2N8O2/c1-31-12-16(9-28-31)15-8-27-21-30-29-20(32(21)13-15)22(23,24)17-4-2-3-14(7-17)19-25-10-18(11-26-19)34-6-5-33/h2-4,7-13,33H,5-6H2,1H3. The number of rotatable bonds is 7. The number of fused-ring (bicyclic) bond motifs is 1. The van der Waals surface area contributed by atoms with Crippen LogP contribution in [0.15, 0.2) is 61.4 Å². The number of aliphatic hydroxyl groups is 1. The summed E-state index contributed by atoms with van der Waals surface area (Å²) < 4.78 is 39.3. The van der Waals surface area contributed by atoms with Gasteiger partial charge in [-0.05, 0) is 6.07 Å². The fourth-order valence-corrected chi connectivity index (χ4v) is 3.41. The first-order chi connectivity index (χ1) is 16.5. The van der Waals surface area contributed by atoms with E-state index in [1.54, 1.807) is 30.2 Å². The molecule has 0 aliphatic heterocycles. The van der Waals surface area contributed by atoms with Gasteiger partial charge in [0, 0.05) is 47.9 Å². The highest BCUT2D eigenvalue weighted by molar-refractivity contribution is 5.61. The zero-order chi connectivity index (χ0) is 23.7. The van der Waals surface area contributed by atoms with Crippen molar-refractivity contribution in [1.29, 1.82) is 0 Å². The van der Waals surface area contributed by atoms with Crippen molar-refractivity contribution in [3.63, 3.8) is 0 Å². The molecule has 172 valence electrons. The average Bonchev–Trinajstić information content (AvgIpc) is 3.49. The lowest BCUT2D eigenvalue weighted by molar-refractivity contribution is 0.0317. The highest BCUT2D eigenvalue weighted by atomic mass is 19.3. The van der Waals surface area contributed by atoms with Crippen LogP contribution in [-0.2, 0) is 13.0 Å². The summed E-state index contributed by atoms with van der Waals surface area (Å²) in [5.41, 5.74) is 1.43. The molecular weight excluding hydrogens is 446 g/mol. The van der Waals surface area contributed by atoms with Crippen molar-refractivity contribution in [2.45, 2.75) is 5.92 Å². The maximum absolute atomic E-state index is 15.6. The summed E-state index contributed by atoms with van der Waals surface area (Å²) in [6.07, 6.45) is 9.26. The predicted molar refractivity (Wildman–Crippen MR) is 116 cm³/mol. The molecule has 0 saturated carbocycles. The van der Waals surface area contributed by atoms with E-state index >= 15 is 8.78 Å². The first kappa shape index (κ1) is 21.5. The Kier molecular flexibility index (Phi) is 5.42. The highest BCUT2D eigenvalue weighted by Crippen LogP contribution is 2.36. The molecule has 4 heterocycles. The Labute approximate surface area is 191 Å². The Balaban J connectivity index is 1.50.